The second kappa shape index (κ2) is 10.2. The predicted molar refractivity (Wildman–Crippen MR) is 36.8 cm³/mol. The van der Waals surface area contributed by atoms with Crippen LogP contribution >= 0.6 is 0 Å². The minimum Gasteiger partial charge on any atom is -0.376 e. The quantitative estimate of drug-likeness (QED) is 0.417. The summed E-state index contributed by atoms with van der Waals surface area (Å²) in [4.78, 5) is 10.0. The van der Waals surface area contributed by atoms with Crippen LogP contribution in [0.3, 0.4) is 0 Å². The summed E-state index contributed by atoms with van der Waals surface area (Å²) in [5, 5.41) is 10.1. The van der Waals surface area contributed by atoms with E-state index in [9.17, 15) is 4.79 Å². The molecule has 3 nitrogen and oxygen atoms in total. The number of hydrogen-bond donors (Lipinski definition) is 2. The Hall–Kier alpha value is -0.830. The molecule has 0 radical (unpaired) electrons. The lowest BCUT2D eigenvalue weighted by molar-refractivity contribution is -0.117. The maximum absolute atomic E-state index is 10.0. The summed E-state index contributed by atoms with van der Waals surface area (Å²) in [7, 11) is 0. The number of hydrogen-bond acceptors (Lipinski definition) is 2. The molecule has 54 valence electrons. The summed E-state index contributed by atoms with van der Waals surface area (Å²) in [6, 6.07) is 0. The highest BCUT2D eigenvalue weighted by Gasteiger charge is 1.84. The van der Waals surface area contributed by atoms with E-state index >= 15 is 0 Å². The largest absolute Gasteiger partial charge is 0.376 e. The van der Waals surface area contributed by atoms with Crippen LogP contribution in [-0.4, -0.2) is 17.7 Å². The van der Waals surface area contributed by atoms with Gasteiger partial charge in [-0.15, -0.1) is 0 Å². The van der Waals surface area contributed by atoms with Crippen LogP contribution in [0, 0.1) is 0 Å². The summed E-state index contributed by atoms with van der Waals surface area (Å²) >= 11 is 0. The molecule has 0 spiro atoms. The average Bonchev–Trinajstić information content (AvgIpc) is 1.93. The van der Waals surface area contributed by atoms with E-state index in [0.29, 0.717) is 0 Å². The van der Waals surface area contributed by atoms with Crippen LogP contribution in [0.1, 0.15) is 13.8 Å². The van der Waals surface area contributed by atoms with Gasteiger partial charge in [0.25, 0.3) is 0 Å². The van der Waals surface area contributed by atoms with E-state index in [-0.39, 0.29) is 12.6 Å². The van der Waals surface area contributed by atoms with E-state index in [1.54, 1.807) is 0 Å². The number of amides is 1. The summed E-state index contributed by atoms with van der Waals surface area (Å²) < 4.78 is 0. The van der Waals surface area contributed by atoms with Gasteiger partial charge < -0.3 is 10.4 Å². The highest BCUT2D eigenvalue weighted by Crippen LogP contribution is 1.59. The Balaban J connectivity index is 0. The number of nitrogens with one attached hydrogen (secondary N) is 1. The van der Waals surface area contributed by atoms with Crippen LogP contribution < -0.4 is 5.32 Å². The van der Waals surface area contributed by atoms with Gasteiger partial charge in [0.15, 0.2) is 0 Å². The van der Waals surface area contributed by atoms with Crippen molar-refractivity contribution in [2.75, 3.05) is 6.73 Å². The van der Waals surface area contributed by atoms with Crippen molar-refractivity contribution in [1.29, 1.82) is 0 Å². The van der Waals surface area contributed by atoms with Gasteiger partial charge in [-0.25, -0.2) is 0 Å². The standard InChI is InChI=1S/C4H7NO2.C2H6/c1-2-4(7)5-3-6;1-2/h2,6H,1,3H2,(H,5,7);1-2H3. The van der Waals surface area contributed by atoms with Crippen molar-refractivity contribution in [3.63, 3.8) is 0 Å². The number of carbonyl (C=O) groups excluding carboxylic acids is 1. The molecule has 0 aromatic rings. The van der Waals surface area contributed by atoms with Crippen molar-refractivity contribution < 1.29 is 9.90 Å². The van der Waals surface area contributed by atoms with Gasteiger partial charge in [-0.3, -0.25) is 4.79 Å². The molecule has 0 saturated carbocycles. The highest BCUT2D eigenvalue weighted by molar-refractivity contribution is 5.86. The third-order valence-electron chi connectivity index (χ3n) is 0.439. The first-order chi connectivity index (χ1) is 4.31. The average molecular weight is 131 g/mol. The van der Waals surface area contributed by atoms with Crippen molar-refractivity contribution in [3.05, 3.63) is 12.7 Å². The van der Waals surface area contributed by atoms with Gasteiger partial charge in [0.2, 0.25) is 5.91 Å². The summed E-state index contributed by atoms with van der Waals surface area (Å²) in [6.07, 6.45) is 1.09. The molecule has 3 heteroatoms. The molecule has 2 N–H and O–H groups in total. The Morgan fingerprint density at radius 2 is 2.22 bits per heavy atom. The van der Waals surface area contributed by atoms with Gasteiger partial charge in [-0.05, 0) is 6.08 Å². The summed E-state index contributed by atoms with van der Waals surface area (Å²) in [5.74, 6) is -0.359. The minimum atomic E-state index is -0.359. The lowest BCUT2D eigenvalue weighted by Crippen LogP contribution is -2.20. The number of carbonyl (C=O) groups is 1. The minimum absolute atomic E-state index is 0.329. The SMILES string of the molecule is C=CC(=O)NCO.CC. The third-order valence-corrected chi connectivity index (χ3v) is 0.439. The fourth-order valence-electron chi connectivity index (χ4n) is 0.150. The van der Waals surface area contributed by atoms with Crippen LogP contribution in [-0.2, 0) is 4.79 Å². The van der Waals surface area contributed by atoms with Crippen LogP contribution in [0.5, 0.6) is 0 Å². The normalized spacial score (nSPS) is 6.56. The van der Waals surface area contributed by atoms with Crippen molar-refractivity contribution in [3.8, 4) is 0 Å². The lowest BCUT2D eigenvalue weighted by atomic mass is 10.6. The molecule has 0 aromatic carbocycles. The topological polar surface area (TPSA) is 49.3 Å². The van der Waals surface area contributed by atoms with Crippen molar-refractivity contribution >= 4 is 5.91 Å². The Bertz CT molecular complexity index is 81.1. The Kier molecular flexibility index (Phi) is 12.5. The Morgan fingerprint density at radius 1 is 1.78 bits per heavy atom. The number of aliphatic hydroxyl groups is 1. The first-order valence-electron chi connectivity index (χ1n) is 2.82. The van der Waals surface area contributed by atoms with Gasteiger partial charge in [-0.1, -0.05) is 20.4 Å². The van der Waals surface area contributed by atoms with E-state index in [2.05, 4.69) is 11.9 Å². The van der Waals surface area contributed by atoms with E-state index in [1.165, 1.54) is 0 Å². The van der Waals surface area contributed by atoms with Crippen molar-refractivity contribution in [1.82, 2.24) is 5.32 Å². The second-order valence-electron chi connectivity index (χ2n) is 0.903. The molecule has 0 fully saturated rings. The van der Waals surface area contributed by atoms with Crippen LogP contribution in [0.2, 0.25) is 0 Å². The zero-order valence-corrected chi connectivity index (χ0v) is 5.85. The second-order valence-corrected chi connectivity index (χ2v) is 0.903. The fraction of sp³-hybridized carbons (Fsp3) is 0.500. The Labute approximate surface area is 55.4 Å². The van der Waals surface area contributed by atoms with E-state index in [0.717, 1.165) is 6.08 Å². The van der Waals surface area contributed by atoms with Gasteiger partial charge >= 0.3 is 0 Å². The zero-order chi connectivity index (χ0) is 7.70. The first-order valence-corrected chi connectivity index (χ1v) is 2.82. The molecule has 0 atom stereocenters. The van der Waals surface area contributed by atoms with Gasteiger partial charge in [0.1, 0.15) is 6.73 Å². The monoisotopic (exact) mass is 131 g/mol. The molecule has 0 saturated heterocycles. The van der Waals surface area contributed by atoms with Gasteiger partial charge in [0.05, 0.1) is 0 Å². The molecule has 0 aliphatic carbocycles. The maximum Gasteiger partial charge on any atom is 0.245 e. The zero-order valence-electron chi connectivity index (χ0n) is 5.85. The Morgan fingerprint density at radius 3 is 2.33 bits per heavy atom. The highest BCUT2D eigenvalue weighted by atomic mass is 16.3. The maximum atomic E-state index is 10.0. The van der Waals surface area contributed by atoms with Gasteiger partial charge in [0, 0.05) is 0 Å². The predicted octanol–water partition coefficient (Wildman–Crippen LogP) is 0.265. The molecule has 1 amide bonds. The van der Waals surface area contributed by atoms with E-state index < -0.39 is 0 Å². The van der Waals surface area contributed by atoms with Crippen molar-refractivity contribution in [2.45, 2.75) is 13.8 Å². The van der Waals surface area contributed by atoms with Crippen LogP contribution in [0.25, 0.3) is 0 Å². The number of rotatable bonds is 2. The molecule has 0 unspecified atom stereocenters. The molecule has 0 aliphatic rings. The molecule has 9 heavy (non-hydrogen) atoms. The molecule has 0 heterocycles. The number of aliphatic hydroxyl groups excluding tert-OH is 1. The van der Waals surface area contributed by atoms with E-state index in [1.807, 2.05) is 13.8 Å². The lowest BCUT2D eigenvalue weighted by Gasteiger charge is -1.89. The fourth-order valence-corrected chi connectivity index (χ4v) is 0.150. The summed E-state index contributed by atoms with van der Waals surface area (Å²) in [5.41, 5.74) is 0. The van der Waals surface area contributed by atoms with Crippen molar-refractivity contribution in [2.24, 2.45) is 0 Å². The van der Waals surface area contributed by atoms with Gasteiger partial charge in [-0.2, -0.15) is 0 Å². The molecular formula is C6H13NO2. The van der Waals surface area contributed by atoms with Crippen LogP contribution in [0.4, 0.5) is 0 Å². The van der Waals surface area contributed by atoms with Crippen LogP contribution in [0.15, 0.2) is 12.7 Å². The van der Waals surface area contributed by atoms with E-state index in [4.69, 9.17) is 5.11 Å². The molecule has 0 aromatic heterocycles. The molecule has 0 bridgehead atoms. The molecule has 0 aliphatic heterocycles. The smallest absolute Gasteiger partial charge is 0.245 e. The molecular weight excluding hydrogens is 118 g/mol. The molecule has 0 rings (SSSR count). The first kappa shape index (κ1) is 11.0. The third kappa shape index (κ3) is 11.0. The summed E-state index contributed by atoms with van der Waals surface area (Å²) in [6.45, 7) is 6.83.